The number of benzene rings is 2. The SMILES string of the molecule is O=C(c1nnn(-c2ccccc2)c1C1CC1)N1CCC(c2c[nH]c3ccccc23)CC1. The molecule has 0 atom stereocenters. The summed E-state index contributed by atoms with van der Waals surface area (Å²) >= 11 is 0. The molecule has 1 N–H and O–H groups in total. The number of carbonyl (C=O) groups excluding carboxylic acids is 1. The molecular weight excluding hydrogens is 386 g/mol. The molecule has 156 valence electrons. The molecular formula is C25H25N5O. The molecule has 0 bridgehead atoms. The van der Waals surface area contributed by atoms with Crippen LogP contribution in [0.15, 0.2) is 60.8 Å². The van der Waals surface area contributed by atoms with Crippen LogP contribution in [0.1, 0.15) is 59.3 Å². The molecule has 1 aliphatic carbocycles. The number of amides is 1. The number of nitrogens with zero attached hydrogens (tertiary/aromatic N) is 4. The summed E-state index contributed by atoms with van der Waals surface area (Å²) in [6.45, 7) is 1.51. The molecule has 0 spiro atoms. The second kappa shape index (κ2) is 7.38. The zero-order valence-corrected chi connectivity index (χ0v) is 17.4. The van der Waals surface area contributed by atoms with Crippen LogP contribution >= 0.6 is 0 Å². The first-order chi connectivity index (χ1) is 15.3. The molecule has 1 saturated heterocycles. The number of nitrogens with one attached hydrogen (secondary N) is 1. The van der Waals surface area contributed by atoms with Gasteiger partial charge >= 0.3 is 0 Å². The van der Waals surface area contributed by atoms with E-state index in [0.717, 1.165) is 50.2 Å². The molecule has 1 saturated carbocycles. The first kappa shape index (κ1) is 18.4. The van der Waals surface area contributed by atoms with Gasteiger partial charge in [-0.05, 0) is 55.4 Å². The molecule has 1 amide bonds. The third-order valence-electron chi connectivity index (χ3n) is 6.72. The maximum Gasteiger partial charge on any atom is 0.276 e. The minimum atomic E-state index is 0.0291. The van der Waals surface area contributed by atoms with Crippen LogP contribution in [0.25, 0.3) is 16.6 Å². The van der Waals surface area contributed by atoms with Gasteiger partial charge in [0.05, 0.1) is 11.4 Å². The maximum atomic E-state index is 13.4. The van der Waals surface area contributed by atoms with Gasteiger partial charge in [-0.25, -0.2) is 4.68 Å². The highest BCUT2D eigenvalue weighted by molar-refractivity contribution is 5.94. The molecule has 2 aromatic carbocycles. The van der Waals surface area contributed by atoms with E-state index in [-0.39, 0.29) is 5.91 Å². The van der Waals surface area contributed by atoms with Crippen LogP contribution in [0.2, 0.25) is 0 Å². The number of rotatable bonds is 4. The van der Waals surface area contributed by atoms with E-state index in [9.17, 15) is 4.79 Å². The normalized spacial score (nSPS) is 17.4. The van der Waals surface area contributed by atoms with Crippen molar-refractivity contribution in [1.29, 1.82) is 0 Å². The van der Waals surface area contributed by atoms with Crippen molar-refractivity contribution in [2.45, 2.75) is 37.5 Å². The predicted octanol–water partition coefficient (Wildman–Crippen LogP) is 4.65. The van der Waals surface area contributed by atoms with Gasteiger partial charge in [0.2, 0.25) is 0 Å². The van der Waals surface area contributed by atoms with Gasteiger partial charge in [0.1, 0.15) is 0 Å². The number of piperidine rings is 1. The number of carbonyl (C=O) groups is 1. The van der Waals surface area contributed by atoms with Gasteiger partial charge in [-0.2, -0.15) is 0 Å². The van der Waals surface area contributed by atoms with E-state index in [0.29, 0.717) is 17.5 Å². The molecule has 6 nitrogen and oxygen atoms in total. The van der Waals surface area contributed by atoms with Crippen molar-refractivity contribution in [2.24, 2.45) is 0 Å². The molecule has 0 unspecified atom stereocenters. The van der Waals surface area contributed by atoms with Crippen molar-refractivity contribution in [2.75, 3.05) is 13.1 Å². The Hall–Kier alpha value is -3.41. The summed E-state index contributed by atoms with van der Waals surface area (Å²) in [4.78, 5) is 18.8. The fraction of sp³-hybridized carbons (Fsp3) is 0.320. The van der Waals surface area contributed by atoms with Crippen LogP contribution in [0.4, 0.5) is 0 Å². The Morgan fingerprint density at radius 3 is 2.42 bits per heavy atom. The zero-order chi connectivity index (χ0) is 20.8. The quantitative estimate of drug-likeness (QED) is 0.532. The number of fused-ring (bicyclic) bond motifs is 1. The number of likely N-dealkylation sites (tertiary alicyclic amines) is 1. The van der Waals surface area contributed by atoms with Gasteiger partial charge in [-0.1, -0.05) is 41.6 Å². The number of para-hydroxylation sites is 2. The highest BCUT2D eigenvalue weighted by atomic mass is 16.2. The summed E-state index contributed by atoms with van der Waals surface area (Å²) in [6.07, 6.45) is 6.29. The van der Waals surface area contributed by atoms with E-state index < -0.39 is 0 Å². The fourth-order valence-corrected chi connectivity index (χ4v) is 4.90. The smallest absolute Gasteiger partial charge is 0.276 e. The summed E-state index contributed by atoms with van der Waals surface area (Å²) in [7, 11) is 0. The lowest BCUT2D eigenvalue weighted by Gasteiger charge is -2.31. The Labute approximate surface area is 180 Å². The average Bonchev–Trinajstić information content (AvgIpc) is 3.42. The molecule has 4 aromatic rings. The van der Waals surface area contributed by atoms with Crippen LogP contribution in [0, 0.1) is 0 Å². The summed E-state index contributed by atoms with van der Waals surface area (Å²) < 4.78 is 1.86. The van der Waals surface area contributed by atoms with E-state index in [1.165, 1.54) is 16.5 Å². The van der Waals surface area contributed by atoms with Crippen LogP contribution in [0.5, 0.6) is 0 Å². The van der Waals surface area contributed by atoms with Gasteiger partial charge in [0.15, 0.2) is 5.69 Å². The van der Waals surface area contributed by atoms with E-state index in [1.807, 2.05) is 39.9 Å². The lowest BCUT2D eigenvalue weighted by molar-refractivity contribution is 0.0706. The first-order valence-electron chi connectivity index (χ1n) is 11.2. The predicted molar refractivity (Wildman–Crippen MR) is 120 cm³/mol. The monoisotopic (exact) mass is 411 g/mol. The fourth-order valence-electron chi connectivity index (χ4n) is 4.90. The molecule has 3 heterocycles. The van der Waals surface area contributed by atoms with Gasteiger partial charge in [0.25, 0.3) is 5.91 Å². The highest BCUT2D eigenvalue weighted by Gasteiger charge is 2.36. The van der Waals surface area contributed by atoms with Crippen molar-refractivity contribution in [3.63, 3.8) is 0 Å². The molecule has 2 fully saturated rings. The van der Waals surface area contributed by atoms with Gasteiger partial charge in [-0.3, -0.25) is 4.79 Å². The van der Waals surface area contributed by atoms with Crippen molar-refractivity contribution in [3.8, 4) is 5.69 Å². The molecule has 2 aliphatic rings. The molecule has 31 heavy (non-hydrogen) atoms. The summed E-state index contributed by atoms with van der Waals surface area (Å²) in [5.74, 6) is 0.891. The van der Waals surface area contributed by atoms with Crippen LogP contribution in [-0.2, 0) is 0 Å². The van der Waals surface area contributed by atoms with E-state index in [1.54, 1.807) is 0 Å². The second-order valence-corrected chi connectivity index (χ2v) is 8.70. The minimum Gasteiger partial charge on any atom is -0.361 e. The van der Waals surface area contributed by atoms with Crippen molar-refractivity contribution in [1.82, 2.24) is 24.9 Å². The Bertz CT molecular complexity index is 1230. The topological polar surface area (TPSA) is 66.8 Å². The van der Waals surface area contributed by atoms with Gasteiger partial charge < -0.3 is 9.88 Å². The van der Waals surface area contributed by atoms with Crippen LogP contribution < -0.4 is 0 Å². The zero-order valence-electron chi connectivity index (χ0n) is 17.4. The second-order valence-electron chi connectivity index (χ2n) is 8.70. The largest absolute Gasteiger partial charge is 0.361 e. The molecule has 6 heteroatoms. The number of hydrogen-bond acceptors (Lipinski definition) is 3. The number of H-pyrrole nitrogens is 1. The summed E-state index contributed by atoms with van der Waals surface area (Å²) in [5, 5.41) is 10.0. The van der Waals surface area contributed by atoms with Crippen molar-refractivity contribution < 1.29 is 4.79 Å². The number of aromatic amines is 1. The summed E-state index contributed by atoms with van der Waals surface area (Å²) in [6, 6.07) is 18.5. The van der Waals surface area contributed by atoms with Crippen LogP contribution in [-0.4, -0.2) is 43.9 Å². The molecule has 0 radical (unpaired) electrons. The van der Waals surface area contributed by atoms with Gasteiger partial charge in [-0.15, -0.1) is 5.10 Å². The lowest BCUT2D eigenvalue weighted by Crippen LogP contribution is -2.38. The average molecular weight is 412 g/mol. The Balaban J connectivity index is 1.22. The van der Waals surface area contributed by atoms with Crippen molar-refractivity contribution in [3.05, 3.63) is 77.7 Å². The van der Waals surface area contributed by atoms with E-state index in [4.69, 9.17) is 0 Å². The van der Waals surface area contributed by atoms with E-state index in [2.05, 4.69) is 45.8 Å². The number of aromatic nitrogens is 4. The Morgan fingerprint density at radius 1 is 0.903 bits per heavy atom. The maximum absolute atomic E-state index is 13.4. The summed E-state index contributed by atoms with van der Waals surface area (Å²) in [5.41, 5.74) is 5.04. The Morgan fingerprint density at radius 2 is 1.65 bits per heavy atom. The van der Waals surface area contributed by atoms with E-state index >= 15 is 0 Å². The third kappa shape index (κ3) is 3.23. The first-order valence-corrected chi connectivity index (χ1v) is 11.2. The highest BCUT2D eigenvalue weighted by Crippen LogP contribution is 2.42. The third-order valence-corrected chi connectivity index (χ3v) is 6.72. The Kier molecular flexibility index (Phi) is 4.37. The number of hydrogen-bond donors (Lipinski definition) is 1. The molecule has 2 aromatic heterocycles. The lowest BCUT2D eigenvalue weighted by atomic mass is 9.89. The minimum absolute atomic E-state index is 0.0291. The van der Waals surface area contributed by atoms with Crippen LogP contribution in [0.3, 0.4) is 0 Å². The molecule has 6 rings (SSSR count). The van der Waals surface area contributed by atoms with Crippen molar-refractivity contribution >= 4 is 16.8 Å². The molecule has 1 aliphatic heterocycles. The van der Waals surface area contributed by atoms with Gasteiger partial charge in [0, 0.05) is 36.1 Å². The standard InChI is InChI=1S/C25H25N5O/c31-25(23-24(18-10-11-18)30(28-27-23)19-6-2-1-3-7-19)29-14-12-17(13-15-29)21-16-26-22-9-5-4-8-20(21)22/h1-9,16-18,26H,10-15H2.